The Kier molecular flexibility index (Phi) is 5.31. The molecule has 1 aromatic heterocycles. The van der Waals surface area contributed by atoms with Gasteiger partial charge >= 0.3 is 0 Å². The molecule has 2 heterocycles. The van der Waals surface area contributed by atoms with Crippen LogP contribution >= 0.6 is 0 Å². The number of pyridine rings is 1. The van der Waals surface area contributed by atoms with Crippen LogP contribution in [0.2, 0.25) is 0 Å². The minimum atomic E-state index is -3.59. The van der Waals surface area contributed by atoms with Crippen LogP contribution < -0.4 is 5.73 Å². The number of rotatable bonds is 5. The Bertz CT molecular complexity index is 1130. The van der Waals surface area contributed by atoms with Crippen LogP contribution in [0.4, 0.5) is 0 Å². The molecule has 150 valence electrons. The van der Waals surface area contributed by atoms with Crippen molar-refractivity contribution in [2.24, 2.45) is 5.73 Å². The van der Waals surface area contributed by atoms with Crippen LogP contribution in [-0.4, -0.2) is 54.7 Å². The van der Waals surface area contributed by atoms with E-state index in [-0.39, 0.29) is 10.5 Å². The molecule has 1 aliphatic heterocycles. The number of para-hydroxylation sites is 1. The summed E-state index contributed by atoms with van der Waals surface area (Å²) in [4.78, 5) is 18.1. The summed E-state index contributed by atoms with van der Waals surface area (Å²) in [5.74, 6) is -0.578. The molecule has 0 aliphatic carbocycles. The van der Waals surface area contributed by atoms with Gasteiger partial charge in [-0.2, -0.15) is 4.31 Å². The molecule has 0 saturated carbocycles. The van der Waals surface area contributed by atoms with Crippen LogP contribution in [-0.2, 0) is 16.6 Å². The smallest absolute Gasteiger partial charge is 0.248 e. The molecule has 2 N–H and O–H groups in total. The summed E-state index contributed by atoms with van der Waals surface area (Å²) < 4.78 is 27.3. The third-order valence-corrected chi connectivity index (χ3v) is 7.13. The average molecular weight is 410 g/mol. The number of fused-ring (bicyclic) bond motifs is 1. The quantitative estimate of drug-likeness (QED) is 0.692. The topological polar surface area (TPSA) is 96.6 Å². The molecule has 1 aliphatic rings. The summed E-state index contributed by atoms with van der Waals surface area (Å²) in [5, 5.41) is 1.10. The van der Waals surface area contributed by atoms with Crippen molar-refractivity contribution in [3.05, 3.63) is 71.9 Å². The SMILES string of the molecule is NC(=O)c1ccc(S(=O)(=O)N2CCN(Cc3cccc4cccnc34)CC2)cc1. The van der Waals surface area contributed by atoms with Crippen LogP contribution in [0, 0.1) is 0 Å². The highest BCUT2D eigenvalue weighted by Gasteiger charge is 2.28. The summed E-state index contributed by atoms with van der Waals surface area (Å²) in [6.45, 7) is 2.84. The zero-order valence-electron chi connectivity index (χ0n) is 15.9. The lowest BCUT2D eigenvalue weighted by Gasteiger charge is -2.34. The molecule has 8 heteroatoms. The van der Waals surface area contributed by atoms with Crippen molar-refractivity contribution in [3.8, 4) is 0 Å². The fourth-order valence-electron chi connectivity index (χ4n) is 3.60. The third-order valence-electron chi connectivity index (χ3n) is 5.22. The van der Waals surface area contributed by atoms with E-state index in [2.05, 4.69) is 16.0 Å². The van der Waals surface area contributed by atoms with Gasteiger partial charge in [0.25, 0.3) is 0 Å². The standard InChI is InChI=1S/C21H22N4O3S/c22-21(26)17-6-8-19(9-7-17)29(27,28)25-13-11-24(12-14-25)15-18-4-1-3-16-5-2-10-23-20(16)18/h1-10H,11-15H2,(H2,22,26). The lowest BCUT2D eigenvalue weighted by molar-refractivity contribution is 0.1000. The van der Waals surface area contributed by atoms with Gasteiger partial charge in [-0.3, -0.25) is 14.7 Å². The number of nitrogens with zero attached hydrogens (tertiary/aromatic N) is 3. The van der Waals surface area contributed by atoms with E-state index in [4.69, 9.17) is 5.73 Å². The van der Waals surface area contributed by atoms with Crippen molar-refractivity contribution in [1.82, 2.24) is 14.2 Å². The molecule has 0 bridgehead atoms. The molecule has 0 radical (unpaired) electrons. The van der Waals surface area contributed by atoms with Gasteiger partial charge in [0.2, 0.25) is 15.9 Å². The van der Waals surface area contributed by atoms with Gasteiger partial charge < -0.3 is 5.73 Å². The molecule has 2 aromatic carbocycles. The van der Waals surface area contributed by atoms with E-state index in [0.29, 0.717) is 26.2 Å². The third kappa shape index (κ3) is 4.00. The second kappa shape index (κ2) is 7.90. The van der Waals surface area contributed by atoms with Gasteiger partial charge in [-0.25, -0.2) is 8.42 Å². The molecule has 1 amide bonds. The van der Waals surface area contributed by atoms with Crippen LogP contribution in [0.1, 0.15) is 15.9 Å². The van der Waals surface area contributed by atoms with Crippen LogP contribution in [0.5, 0.6) is 0 Å². The first kappa shape index (κ1) is 19.5. The number of primary amides is 1. The summed E-state index contributed by atoms with van der Waals surface area (Å²) >= 11 is 0. The predicted molar refractivity (Wildman–Crippen MR) is 111 cm³/mol. The Hall–Kier alpha value is -2.81. The van der Waals surface area contributed by atoms with Gasteiger partial charge in [0.05, 0.1) is 10.4 Å². The lowest BCUT2D eigenvalue weighted by Crippen LogP contribution is -2.48. The van der Waals surface area contributed by atoms with Gasteiger partial charge in [-0.1, -0.05) is 24.3 Å². The summed E-state index contributed by atoms with van der Waals surface area (Å²) in [7, 11) is -3.59. The number of aromatic nitrogens is 1. The van der Waals surface area contributed by atoms with E-state index in [1.165, 1.54) is 28.6 Å². The van der Waals surface area contributed by atoms with Crippen LogP contribution in [0.3, 0.4) is 0 Å². The Morgan fingerprint density at radius 3 is 2.34 bits per heavy atom. The molecule has 0 unspecified atom stereocenters. The molecule has 1 fully saturated rings. The van der Waals surface area contributed by atoms with Crippen molar-refractivity contribution in [1.29, 1.82) is 0 Å². The molecule has 4 rings (SSSR count). The Labute approximate surface area is 169 Å². The first-order valence-corrected chi connectivity index (χ1v) is 10.8. The number of hydrogen-bond donors (Lipinski definition) is 1. The number of hydrogen-bond acceptors (Lipinski definition) is 5. The van der Waals surface area contributed by atoms with Crippen molar-refractivity contribution in [2.45, 2.75) is 11.4 Å². The zero-order chi connectivity index (χ0) is 20.4. The maximum Gasteiger partial charge on any atom is 0.248 e. The van der Waals surface area contributed by atoms with E-state index in [0.717, 1.165) is 23.0 Å². The number of benzene rings is 2. The first-order valence-electron chi connectivity index (χ1n) is 9.40. The fraction of sp³-hybridized carbons (Fsp3) is 0.238. The van der Waals surface area contributed by atoms with Gasteiger partial charge in [0.1, 0.15) is 0 Å². The Morgan fingerprint density at radius 1 is 0.966 bits per heavy atom. The molecule has 1 saturated heterocycles. The molecule has 0 atom stereocenters. The van der Waals surface area contributed by atoms with Crippen molar-refractivity contribution >= 4 is 26.8 Å². The van der Waals surface area contributed by atoms with Crippen molar-refractivity contribution < 1.29 is 13.2 Å². The molecular formula is C21H22N4O3S. The van der Waals surface area contributed by atoms with E-state index in [9.17, 15) is 13.2 Å². The maximum atomic E-state index is 12.9. The van der Waals surface area contributed by atoms with E-state index in [1.807, 2.05) is 24.3 Å². The largest absolute Gasteiger partial charge is 0.366 e. The molecular weight excluding hydrogens is 388 g/mol. The first-order chi connectivity index (χ1) is 13.9. The number of piperazine rings is 1. The predicted octanol–water partition coefficient (Wildman–Crippen LogP) is 1.84. The molecule has 3 aromatic rings. The molecule has 29 heavy (non-hydrogen) atoms. The summed E-state index contributed by atoms with van der Waals surface area (Å²) in [6.07, 6.45) is 1.79. The molecule has 0 spiro atoms. The minimum absolute atomic E-state index is 0.175. The Balaban J connectivity index is 1.44. The Morgan fingerprint density at radius 2 is 1.66 bits per heavy atom. The monoisotopic (exact) mass is 410 g/mol. The average Bonchev–Trinajstić information content (AvgIpc) is 2.74. The number of amides is 1. The van der Waals surface area contributed by atoms with Gasteiger partial charge in [0, 0.05) is 49.9 Å². The summed E-state index contributed by atoms with van der Waals surface area (Å²) in [6, 6.07) is 15.9. The highest BCUT2D eigenvalue weighted by Crippen LogP contribution is 2.21. The number of carbonyl (C=O) groups is 1. The highest BCUT2D eigenvalue weighted by molar-refractivity contribution is 7.89. The maximum absolute atomic E-state index is 12.9. The van der Waals surface area contributed by atoms with Gasteiger partial charge in [-0.15, -0.1) is 0 Å². The second-order valence-electron chi connectivity index (χ2n) is 7.06. The molecule has 7 nitrogen and oxygen atoms in total. The van der Waals surface area contributed by atoms with E-state index < -0.39 is 15.9 Å². The van der Waals surface area contributed by atoms with Crippen LogP contribution in [0.15, 0.2) is 65.7 Å². The van der Waals surface area contributed by atoms with Gasteiger partial charge in [-0.05, 0) is 35.9 Å². The van der Waals surface area contributed by atoms with Gasteiger partial charge in [0.15, 0.2) is 0 Å². The fourth-order valence-corrected chi connectivity index (χ4v) is 5.03. The van der Waals surface area contributed by atoms with Crippen LogP contribution in [0.25, 0.3) is 10.9 Å². The van der Waals surface area contributed by atoms with E-state index in [1.54, 1.807) is 6.20 Å². The summed E-state index contributed by atoms with van der Waals surface area (Å²) in [5.41, 5.74) is 7.64. The van der Waals surface area contributed by atoms with Crippen molar-refractivity contribution in [3.63, 3.8) is 0 Å². The second-order valence-corrected chi connectivity index (χ2v) is 9.00. The number of sulfonamides is 1. The number of carbonyl (C=O) groups excluding carboxylic acids is 1. The lowest BCUT2D eigenvalue weighted by atomic mass is 10.1. The minimum Gasteiger partial charge on any atom is -0.366 e. The normalized spacial score (nSPS) is 16.1. The number of nitrogens with two attached hydrogens (primary N) is 1. The van der Waals surface area contributed by atoms with E-state index >= 15 is 0 Å². The highest BCUT2D eigenvalue weighted by atomic mass is 32.2. The zero-order valence-corrected chi connectivity index (χ0v) is 16.7. The van der Waals surface area contributed by atoms with Crippen molar-refractivity contribution in [2.75, 3.05) is 26.2 Å².